The first-order valence-electron chi connectivity index (χ1n) is 24.7. The first-order chi connectivity index (χ1) is 31.7. The molecule has 0 aliphatic heterocycles. The maximum Gasteiger partial charge on any atom is 0.404 e. The van der Waals surface area contributed by atoms with Gasteiger partial charge in [0.05, 0.1) is 31.2 Å². The van der Waals surface area contributed by atoms with Gasteiger partial charge in [0.15, 0.2) is 16.2 Å². The van der Waals surface area contributed by atoms with E-state index in [-0.39, 0.29) is 60.3 Å². The number of carbonyl (C=O) groups excluding carboxylic acids is 5. The van der Waals surface area contributed by atoms with E-state index >= 15 is 0 Å². The van der Waals surface area contributed by atoms with Crippen LogP contribution in [0.4, 0.5) is 39.5 Å². The number of alkyl halides is 9. The Kier molecular flexibility index (Phi) is 32.2. The van der Waals surface area contributed by atoms with Gasteiger partial charge in [-0.15, -0.1) is 0 Å². The minimum Gasteiger partial charge on any atom is -0.468 e. The van der Waals surface area contributed by atoms with Gasteiger partial charge in [-0.2, -0.15) is 39.5 Å². The van der Waals surface area contributed by atoms with Crippen LogP contribution in [-0.2, 0) is 47.7 Å². The number of hydrogen-bond donors (Lipinski definition) is 0. The monoisotopic (exact) mass is 1050 g/mol. The Hall–Kier alpha value is -3.28. The molecule has 10 nitrogen and oxygen atoms in total. The average molecular weight is 1050 g/mol. The maximum atomic E-state index is 12.8. The lowest BCUT2D eigenvalue weighted by Crippen LogP contribution is -2.44. The fraction of sp³-hybridized carbons (Fsp3) is 0.904. The van der Waals surface area contributed by atoms with Crippen LogP contribution in [0.2, 0.25) is 0 Å². The van der Waals surface area contributed by atoms with E-state index in [0.29, 0.717) is 37.2 Å². The molecule has 0 bridgehead atoms. The van der Waals surface area contributed by atoms with E-state index in [1.807, 2.05) is 62.3 Å². The Bertz CT molecular complexity index is 1570. The number of rotatable bonds is 16. The Morgan fingerprint density at radius 1 is 0.493 bits per heavy atom. The van der Waals surface area contributed by atoms with E-state index in [9.17, 15) is 63.5 Å². The summed E-state index contributed by atoms with van der Waals surface area (Å²) in [7, 11) is 0.946. The lowest BCUT2D eigenvalue weighted by Gasteiger charge is -2.31. The van der Waals surface area contributed by atoms with Crippen molar-refractivity contribution >= 4 is 29.8 Å². The smallest absolute Gasteiger partial charge is 0.404 e. The first-order valence-corrected chi connectivity index (χ1v) is 24.7. The van der Waals surface area contributed by atoms with Crippen molar-refractivity contribution in [2.45, 2.75) is 246 Å². The highest BCUT2D eigenvalue weighted by atomic mass is 19.4. The molecule has 4 unspecified atom stereocenters. The van der Waals surface area contributed by atoms with Gasteiger partial charge in [0, 0.05) is 0 Å². The summed E-state index contributed by atoms with van der Waals surface area (Å²) in [4.78, 5) is 56.8. The van der Waals surface area contributed by atoms with Gasteiger partial charge in [0.25, 0.3) is 0 Å². The van der Waals surface area contributed by atoms with E-state index in [0.717, 1.165) is 66.4 Å². The molecule has 424 valence electrons. The minimum absolute atomic E-state index is 0.0322. The molecule has 0 aromatic heterocycles. The molecule has 0 amide bonds. The second-order valence-electron chi connectivity index (χ2n) is 22.3. The van der Waals surface area contributed by atoms with E-state index < -0.39 is 52.7 Å². The van der Waals surface area contributed by atoms with Gasteiger partial charge in [0.2, 0.25) is 0 Å². The van der Waals surface area contributed by atoms with Crippen molar-refractivity contribution in [1.29, 1.82) is 0 Å². The molecule has 0 aromatic carbocycles. The molecule has 71 heavy (non-hydrogen) atoms. The van der Waals surface area contributed by atoms with Crippen molar-refractivity contribution in [3.63, 3.8) is 0 Å². The summed E-state index contributed by atoms with van der Waals surface area (Å²) in [6.45, 7) is 35.0. The summed E-state index contributed by atoms with van der Waals surface area (Å²) in [6.07, 6.45) is -7.38. The van der Waals surface area contributed by atoms with Gasteiger partial charge < -0.3 is 23.7 Å². The molecule has 1 aliphatic rings. The van der Waals surface area contributed by atoms with Gasteiger partial charge >= 0.3 is 48.4 Å². The van der Waals surface area contributed by atoms with Gasteiger partial charge in [-0.1, -0.05) is 75.7 Å². The normalized spacial score (nSPS) is 16.8. The summed E-state index contributed by atoms with van der Waals surface area (Å²) in [5, 5.41) is 0. The highest BCUT2D eigenvalue weighted by Gasteiger charge is 2.58. The van der Waals surface area contributed by atoms with Crippen LogP contribution >= 0.6 is 0 Å². The van der Waals surface area contributed by atoms with Crippen LogP contribution in [0, 0.1) is 38.4 Å². The Morgan fingerprint density at radius 3 is 1.15 bits per heavy atom. The van der Waals surface area contributed by atoms with Crippen molar-refractivity contribution in [3.05, 3.63) is 0 Å². The molecule has 4 atom stereocenters. The SMILES string of the molecule is CCC(C)(C(=O)OC)C(F)(F)F.CCC(C)(C(=O)OC1CCCCC1)C(F)(F)F.CCC(C)(C)C(=O)OC(C)(C)C.CCC(C)(C)C(=O)OCC(C)CC(C)(C)C.CCCOC(=O)C(C)(CC)C(F)(F)F. The predicted molar refractivity (Wildman–Crippen MR) is 258 cm³/mol. The molecule has 1 fully saturated rings. The van der Waals surface area contributed by atoms with Crippen LogP contribution in [0.3, 0.4) is 0 Å². The second kappa shape index (κ2) is 30.8. The van der Waals surface area contributed by atoms with Crippen LogP contribution in [0.25, 0.3) is 0 Å². The van der Waals surface area contributed by atoms with Crippen LogP contribution in [0.15, 0.2) is 0 Å². The molecule has 19 heteroatoms. The van der Waals surface area contributed by atoms with Gasteiger partial charge in [-0.05, 0) is 151 Å². The number of halogens is 9. The van der Waals surface area contributed by atoms with Gasteiger partial charge in [-0.3, -0.25) is 24.0 Å². The first kappa shape index (κ1) is 74.2. The zero-order chi connectivity index (χ0) is 57.5. The molecule has 0 spiro atoms. The predicted octanol–water partition coefficient (Wildman–Crippen LogP) is 15.7. The lowest BCUT2D eigenvalue weighted by atomic mass is 9.86. The number of ether oxygens (including phenoxy) is 5. The lowest BCUT2D eigenvalue weighted by molar-refractivity contribution is -0.234. The van der Waals surface area contributed by atoms with Crippen LogP contribution in [0.1, 0.15) is 216 Å². The van der Waals surface area contributed by atoms with Crippen molar-refractivity contribution in [2.24, 2.45) is 38.4 Å². The topological polar surface area (TPSA) is 132 Å². The van der Waals surface area contributed by atoms with Crippen molar-refractivity contribution in [3.8, 4) is 0 Å². The molecule has 0 aromatic rings. The molecule has 1 rings (SSSR count). The molecule has 0 saturated heterocycles. The van der Waals surface area contributed by atoms with Crippen LogP contribution < -0.4 is 0 Å². The Morgan fingerprint density at radius 2 is 0.859 bits per heavy atom. The summed E-state index contributed by atoms with van der Waals surface area (Å²) < 4.78 is 137. The van der Waals surface area contributed by atoms with Crippen LogP contribution in [-0.4, -0.2) is 80.4 Å². The number of hydrogen-bond acceptors (Lipinski definition) is 10. The Balaban J connectivity index is -0.000000398. The third-order valence-corrected chi connectivity index (χ3v) is 12.5. The van der Waals surface area contributed by atoms with Crippen molar-refractivity contribution in [1.82, 2.24) is 0 Å². The fourth-order valence-corrected chi connectivity index (χ4v) is 5.65. The summed E-state index contributed by atoms with van der Waals surface area (Å²) in [6, 6.07) is 0. The van der Waals surface area contributed by atoms with Crippen LogP contribution in [0.5, 0.6) is 0 Å². The quantitative estimate of drug-likeness (QED) is 0.0836. The van der Waals surface area contributed by atoms with E-state index in [1.165, 1.54) is 20.8 Å². The Labute approximate surface area is 420 Å². The molecule has 0 heterocycles. The molecule has 1 saturated carbocycles. The standard InChI is InChI=1S/C14H28O2.C12H19F3O2.C10H20O2.C9H15F3O2.C7H11F3O2/c1-8-14(6,7)12(15)16-10-11(2)9-13(3,4)5;1-3-11(2,12(13,14)15)10(16)17-9-7-5-4-6-8-9;1-7-10(5,6)8(11)12-9(2,3)4;1-4-6-14-7(13)8(3,5-2)9(10,11)12;1-4-6(2,5(11)12-3)7(8,9)10/h11H,8-10H2,1-7H3;9H,3-8H2,1-2H3;7H2,1-6H3;4-6H2,1-3H3;4H2,1-3H3. The molecular weight excluding hydrogens is 956 g/mol. The summed E-state index contributed by atoms with van der Waals surface area (Å²) in [5.74, 6) is -3.31. The largest absolute Gasteiger partial charge is 0.468 e. The van der Waals surface area contributed by atoms with Gasteiger partial charge in [0.1, 0.15) is 11.7 Å². The number of methoxy groups -OCH3 is 1. The summed E-state index contributed by atoms with van der Waals surface area (Å²) >= 11 is 0. The third-order valence-electron chi connectivity index (χ3n) is 12.5. The molecule has 0 N–H and O–H groups in total. The number of esters is 5. The maximum absolute atomic E-state index is 12.8. The zero-order valence-corrected chi connectivity index (χ0v) is 47.0. The molecular formula is C52H93F9O10. The molecule has 0 radical (unpaired) electrons. The third kappa shape index (κ3) is 27.0. The van der Waals surface area contributed by atoms with E-state index in [1.54, 1.807) is 6.92 Å². The van der Waals surface area contributed by atoms with E-state index in [2.05, 4.69) is 37.2 Å². The average Bonchev–Trinajstić information content (AvgIpc) is 3.24. The second-order valence-corrected chi connectivity index (χ2v) is 22.3. The highest BCUT2D eigenvalue weighted by Crippen LogP contribution is 2.44. The van der Waals surface area contributed by atoms with Crippen molar-refractivity contribution < 1.29 is 87.2 Å². The van der Waals surface area contributed by atoms with Crippen molar-refractivity contribution in [2.75, 3.05) is 20.3 Å². The molecule has 1 aliphatic carbocycles. The fourth-order valence-electron chi connectivity index (χ4n) is 5.65. The zero-order valence-electron chi connectivity index (χ0n) is 47.0. The van der Waals surface area contributed by atoms with E-state index in [4.69, 9.17) is 14.2 Å². The minimum atomic E-state index is -4.55. The number of carbonyl (C=O) groups is 5. The van der Waals surface area contributed by atoms with Gasteiger partial charge in [-0.25, -0.2) is 0 Å². The highest BCUT2D eigenvalue weighted by molar-refractivity contribution is 5.78. The summed E-state index contributed by atoms with van der Waals surface area (Å²) in [5.41, 5.74) is -7.89.